The summed E-state index contributed by atoms with van der Waals surface area (Å²) in [6, 6.07) is 10.4. The van der Waals surface area contributed by atoms with Crippen LogP contribution in [0.25, 0.3) is 16.3 Å². The lowest BCUT2D eigenvalue weighted by molar-refractivity contribution is 0.796. The Morgan fingerprint density at radius 2 is 2.10 bits per heavy atom. The van der Waals surface area contributed by atoms with Gasteiger partial charge in [0.15, 0.2) is 0 Å². The zero-order valence-corrected chi connectivity index (χ0v) is 12.3. The third-order valence-corrected chi connectivity index (χ3v) is 4.15. The molecule has 2 aromatic heterocycles. The van der Waals surface area contributed by atoms with Crippen molar-refractivity contribution in [3.8, 4) is 16.3 Å². The molecule has 5 heteroatoms. The zero-order chi connectivity index (χ0) is 14.1. The Morgan fingerprint density at radius 3 is 2.75 bits per heavy atom. The Bertz CT molecular complexity index is 728. The first-order valence-corrected chi connectivity index (χ1v) is 7.35. The van der Waals surface area contributed by atoms with E-state index in [9.17, 15) is 0 Å². The molecule has 4 nitrogen and oxygen atoms in total. The second-order valence-corrected chi connectivity index (χ2v) is 5.72. The van der Waals surface area contributed by atoms with E-state index in [1.54, 1.807) is 11.3 Å². The molecule has 3 rings (SSSR count). The van der Waals surface area contributed by atoms with Crippen molar-refractivity contribution in [3.05, 3.63) is 52.5 Å². The summed E-state index contributed by atoms with van der Waals surface area (Å²) in [4.78, 5) is 1.13. The number of nitrogens with zero attached hydrogens (tertiary/aromatic N) is 3. The van der Waals surface area contributed by atoms with E-state index in [0.717, 1.165) is 22.0 Å². The first-order chi connectivity index (χ1) is 9.70. The van der Waals surface area contributed by atoms with Crippen LogP contribution in [0.15, 0.2) is 35.7 Å². The maximum Gasteiger partial charge on any atom is 0.109 e. The van der Waals surface area contributed by atoms with Gasteiger partial charge in [0.05, 0.1) is 10.6 Å². The van der Waals surface area contributed by atoms with E-state index < -0.39 is 0 Å². The molecule has 20 heavy (non-hydrogen) atoms. The zero-order valence-electron chi connectivity index (χ0n) is 11.5. The van der Waals surface area contributed by atoms with Gasteiger partial charge in [-0.1, -0.05) is 29.0 Å². The van der Waals surface area contributed by atoms with Crippen molar-refractivity contribution in [3.63, 3.8) is 0 Å². The van der Waals surface area contributed by atoms with Gasteiger partial charge < -0.3 is 5.73 Å². The van der Waals surface area contributed by atoms with E-state index in [1.807, 2.05) is 10.7 Å². The van der Waals surface area contributed by atoms with E-state index in [0.29, 0.717) is 6.54 Å². The van der Waals surface area contributed by atoms with Crippen molar-refractivity contribution < 1.29 is 0 Å². The standard InChI is InChI=1S/C15H16N4S/c1-10-5-6-13(11(2)8-10)19-15(12(9-16)17-18-19)14-4-3-7-20-14/h3-8H,9,16H2,1-2H3. The lowest BCUT2D eigenvalue weighted by Gasteiger charge is -2.09. The van der Waals surface area contributed by atoms with Crippen molar-refractivity contribution in [1.82, 2.24) is 15.0 Å². The Morgan fingerprint density at radius 1 is 1.25 bits per heavy atom. The van der Waals surface area contributed by atoms with Crippen molar-refractivity contribution in [2.45, 2.75) is 20.4 Å². The Labute approximate surface area is 121 Å². The summed E-state index contributed by atoms with van der Waals surface area (Å²) in [7, 11) is 0. The smallest absolute Gasteiger partial charge is 0.109 e. The lowest BCUT2D eigenvalue weighted by atomic mass is 10.1. The van der Waals surface area contributed by atoms with Crippen molar-refractivity contribution in [2.24, 2.45) is 5.73 Å². The largest absolute Gasteiger partial charge is 0.325 e. The highest BCUT2D eigenvalue weighted by Crippen LogP contribution is 2.30. The number of thiophene rings is 1. The molecule has 0 atom stereocenters. The van der Waals surface area contributed by atoms with Gasteiger partial charge in [-0.05, 0) is 36.9 Å². The molecule has 0 spiro atoms. The van der Waals surface area contributed by atoms with E-state index in [-0.39, 0.29) is 0 Å². The molecular weight excluding hydrogens is 268 g/mol. The fraction of sp³-hybridized carbons (Fsp3) is 0.200. The average molecular weight is 284 g/mol. The van der Waals surface area contributed by atoms with E-state index in [2.05, 4.69) is 53.8 Å². The highest BCUT2D eigenvalue weighted by Gasteiger charge is 2.17. The molecule has 0 saturated heterocycles. The Hall–Kier alpha value is -1.98. The third kappa shape index (κ3) is 2.15. The van der Waals surface area contributed by atoms with Crippen LogP contribution >= 0.6 is 11.3 Å². The topological polar surface area (TPSA) is 56.7 Å². The van der Waals surface area contributed by atoms with Crippen LogP contribution in [0.1, 0.15) is 16.8 Å². The average Bonchev–Trinajstić information content (AvgIpc) is 3.06. The van der Waals surface area contributed by atoms with Crippen LogP contribution in [0.4, 0.5) is 0 Å². The summed E-state index contributed by atoms with van der Waals surface area (Å²) in [5, 5.41) is 10.6. The van der Waals surface area contributed by atoms with Gasteiger partial charge in [-0.2, -0.15) is 0 Å². The fourth-order valence-electron chi connectivity index (χ4n) is 2.32. The Balaban J connectivity index is 2.22. The van der Waals surface area contributed by atoms with Crippen LogP contribution in [0.2, 0.25) is 0 Å². The third-order valence-electron chi connectivity index (χ3n) is 3.27. The van der Waals surface area contributed by atoms with E-state index in [4.69, 9.17) is 5.73 Å². The van der Waals surface area contributed by atoms with Crippen LogP contribution in [-0.2, 0) is 6.54 Å². The number of hydrogen-bond acceptors (Lipinski definition) is 4. The number of benzene rings is 1. The van der Waals surface area contributed by atoms with Gasteiger partial charge in [0.2, 0.25) is 0 Å². The summed E-state index contributed by atoms with van der Waals surface area (Å²) in [6.07, 6.45) is 0. The fourth-order valence-corrected chi connectivity index (χ4v) is 3.10. The first-order valence-electron chi connectivity index (χ1n) is 6.47. The van der Waals surface area contributed by atoms with Gasteiger partial charge in [0, 0.05) is 6.54 Å². The summed E-state index contributed by atoms with van der Waals surface area (Å²) < 4.78 is 1.89. The maximum atomic E-state index is 5.80. The molecule has 0 aliphatic rings. The predicted molar refractivity (Wildman–Crippen MR) is 82.0 cm³/mol. The molecule has 0 radical (unpaired) electrons. The number of hydrogen-bond donors (Lipinski definition) is 1. The molecular formula is C15H16N4S. The monoisotopic (exact) mass is 284 g/mol. The van der Waals surface area contributed by atoms with Gasteiger partial charge >= 0.3 is 0 Å². The van der Waals surface area contributed by atoms with Gasteiger partial charge in [0.25, 0.3) is 0 Å². The van der Waals surface area contributed by atoms with E-state index >= 15 is 0 Å². The SMILES string of the molecule is Cc1ccc(-n2nnc(CN)c2-c2cccs2)c(C)c1. The summed E-state index contributed by atoms with van der Waals surface area (Å²) >= 11 is 1.67. The molecule has 0 unspecified atom stereocenters. The highest BCUT2D eigenvalue weighted by atomic mass is 32.1. The molecule has 0 amide bonds. The van der Waals surface area contributed by atoms with Crippen LogP contribution < -0.4 is 5.73 Å². The second-order valence-electron chi connectivity index (χ2n) is 4.77. The van der Waals surface area contributed by atoms with Crippen LogP contribution in [0, 0.1) is 13.8 Å². The maximum absolute atomic E-state index is 5.80. The minimum Gasteiger partial charge on any atom is -0.325 e. The van der Waals surface area contributed by atoms with Gasteiger partial charge in [0.1, 0.15) is 11.4 Å². The van der Waals surface area contributed by atoms with Crippen molar-refractivity contribution in [2.75, 3.05) is 0 Å². The first kappa shape index (κ1) is 13.0. The lowest BCUT2D eigenvalue weighted by Crippen LogP contribution is -2.03. The van der Waals surface area contributed by atoms with Crippen molar-refractivity contribution in [1.29, 1.82) is 0 Å². The predicted octanol–water partition coefficient (Wildman–Crippen LogP) is 3.07. The van der Waals surface area contributed by atoms with Gasteiger partial charge in [-0.25, -0.2) is 4.68 Å². The molecule has 2 N–H and O–H groups in total. The molecule has 0 fully saturated rings. The normalized spacial score (nSPS) is 10.9. The number of aryl methyl sites for hydroxylation is 2. The number of aromatic nitrogens is 3. The summed E-state index contributed by atoms with van der Waals surface area (Å²) in [5.41, 5.74) is 11.1. The van der Waals surface area contributed by atoms with Crippen LogP contribution in [0.3, 0.4) is 0 Å². The number of rotatable bonds is 3. The highest BCUT2D eigenvalue weighted by molar-refractivity contribution is 7.13. The molecule has 0 bridgehead atoms. The molecule has 0 aliphatic carbocycles. The van der Waals surface area contributed by atoms with E-state index in [1.165, 1.54) is 11.1 Å². The summed E-state index contributed by atoms with van der Waals surface area (Å²) in [6.45, 7) is 4.56. The van der Waals surface area contributed by atoms with Gasteiger partial charge in [-0.15, -0.1) is 16.4 Å². The molecule has 0 aliphatic heterocycles. The molecule has 0 saturated carbocycles. The van der Waals surface area contributed by atoms with Gasteiger partial charge in [-0.3, -0.25) is 0 Å². The van der Waals surface area contributed by atoms with Crippen molar-refractivity contribution >= 4 is 11.3 Å². The van der Waals surface area contributed by atoms with Crippen LogP contribution in [0.5, 0.6) is 0 Å². The minimum absolute atomic E-state index is 0.387. The Kier molecular flexibility index (Phi) is 3.38. The van der Waals surface area contributed by atoms with Crippen LogP contribution in [-0.4, -0.2) is 15.0 Å². The number of nitrogens with two attached hydrogens (primary N) is 1. The molecule has 2 heterocycles. The molecule has 3 aromatic rings. The quantitative estimate of drug-likeness (QED) is 0.804. The minimum atomic E-state index is 0.387. The second kappa shape index (κ2) is 5.19. The molecule has 1 aromatic carbocycles. The molecule has 102 valence electrons. The summed E-state index contributed by atoms with van der Waals surface area (Å²) in [5.74, 6) is 0.